The second-order valence-electron chi connectivity index (χ2n) is 7.03. The summed E-state index contributed by atoms with van der Waals surface area (Å²) in [6, 6.07) is 6.61. The van der Waals surface area contributed by atoms with Gasteiger partial charge in [0.2, 0.25) is 0 Å². The van der Waals surface area contributed by atoms with Crippen LogP contribution in [0.15, 0.2) is 24.3 Å². The van der Waals surface area contributed by atoms with Crippen LogP contribution in [0.3, 0.4) is 0 Å². The van der Waals surface area contributed by atoms with E-state index in [1.54, 1.807) is 18.2 Å². The molecule has 1 heterocycles. The van der Waals surface area contributed by atoms with Crippen molar-refractivity contribution in [2.24, 2.45) is 5.92 Å². The molecular weight excluding hydrogens is 362 g/mol. The van der Waals surface area contributed by atoms with Crippen LogP contribution in [0.1, 0.15) is 45.4 Å². The van der Waals surface area contributed by atoms with Crippen LogP contribution < -0.4 is 10.2 Å². The molecule has 1 aromatic carbocycles. The van der Waals surface area contributed by atoms with Crippen LogP contribution in [0.5, 0.6) is 0 Å². The Morgan fingerprint density at radius 3 is 2.61 bits per heavy atom. The van der Waals surface area contributed by atoms with Crippen LogP contribution in [0.25, 0.3) is 0 Å². The third kappa shape index (κ3) is 6.51. The minimum absolute atomic E-state index is 0.0686. The molecular formula is C20H29N3O5. The summed E-state index contributed by atoms with van der Waals surface area (Å²) < 4.78 is 5.15. The van der Waals surface area contributed by atoms with Gasteiger partial charge in [0.1, 0.15) is 5.69 Å². The van der Waals surface area contributed by atoms with Crippen molar-refractivity contribution in [1.29, 1.82) is 0 Å². The summed E-state index contributed by atoms with van der Waals surface area (Å²) >= 11 is 0. The van der Waals surface area contributed by atoms with Crippen molar-refractivity contribution < 1.29 is 19.2 Å². The van der Waals surface area contributed by atoms with E-state index in [0.29, 0.717) is 38.2 Å². The minimum Gasteiger partial charge on any atom is -0.455 e. The molecule has 2 rings (SSSR count). The lowest BCUT2D eigenvalue weighted by atomic mass is 9.96. The molecule has 1 N–H and O–H groups in total. The lowest BCUT2D eigenvalue weighted by Gasteiger charge is -2.32. The summed E-state index contributed by atoms with van der Waals surface area (Å²) in [4.78, 5) is 36.7. The Kier molecular flexibility index (Phi) is 8.71. The molecule has 0 saturated carbocycles. The van der Waals surface area contributed by atoms with E-state index in [-0.39, 0.29) is 30.1 Å². The first-order valence-electron chi connectivity index (χ1n) is 9.94. The van der Waals surface area contributed by atoms with E-state index in [2.05, 4.69) is 12.2 Å². The van der Waals surface area contributed by atoms with Crippen molar-refractivity contribution in [2.45, 2.75) is 45.4 Å². The fourth-order valence-electron chi connectivity index (χ4n) is 3.33. The monoisotopic (exact) mass is 391 g/mol. The predicted molar refractivity (Wildman–Crippen MR) is 106 cm³/mol. The molecule has 8 nitrogen and oxygen atoms in total. The normalized spacial score (nSPS) is 14.5. The van der Waals surface area contributed by atoms with Gasteiger partial charge in [0.25, 0.3) is 11.6 Å². The molecule has 1 fully saturated rings. The molecule has 1 aliphatic heterocycles. The summed E-state index contributed by atoms with van der Waals surface area (Å²) in [7, 11) is 0. The number of nitro benzene ring substituents is 1. The molecule has 0 bridgehead atoms. The van der Waals surface area contributed by atoms with Gasteiger partial charge >= 0.3 is 5.97 Å². The summed E-state index contributed by atoms with van der Waals surface area (Å²) in [5.41, 5.74) is 0.640. The first kappa shape index (κ1) is 21.7. The molecule has 0 unspecified atom stereocenters. The maximum absolute atomic E-state index is 12.2. The second kappa shape index (κ2) is 11.3. The van der Waals surface area contributed by atoms with Crippen LogP contribution in [0.4, 0.5) is 11.4 Å². The molecule has 0 spiro atoms. The molecule has 0 aliphatic carbocycles. The highest BCUT2D eigenvalue weighted by Crippen LogP contribution is 2.31. The molecule has 0 radical (unpaired) electrons. The van der Waals surface area contributed by atoms with E-state index in [4.69, 9.17) is 4.74 Å². The average Bonchev–Trinajstić information content (AvgIpc) is 2.72. The van der Waals surface area contributed by atoms with Crippen molar-refractivity contribution >= 4 is 23.3 Å². The second-order valence-corrected chi connectivity index (χ2v) is 7.03. The first-order chi connectivity index (χ1) is 13.5. The van der Waals surface area contributed by atoms with Crippen LogP contribution in [-0.4, -0.2) is 43.0 Å². The van der Waals surface area contributed by atoms with Crippen molar-refractivity contribution in [3.63, 3.8) is 0 Å². The third-order valence-electron chi connectivity index (χ3n) is 4.95. The Balaban J connectivity index is 1.72. The Labute approximate surface area is 165 Å². The van der Waals surface area contributed by atoms with Crippen LogP contribution >= 0.6 is 0 Å². The van der Waals surface area contributed by atoms with Crippen molar-refractivity contribution in [1.82, 2.24) is 5.32 Å². The van der Waals surface area contributed by atoms with E-state index < -0.39 is 4.92 Å². The van der Waals surface area contributed by atoms with Gasteiger partial charge in [-0.3, -0.25) is 19.7 Å². The van der Waals surface area contributed by atoms with Gasteiger partial charge in [-0.25, -0.2) is 0 Å². The van der Waals surface area contributed by atoms with Gasteiger partial charge in [-0.15, -0.1) is 0 Å². The molecule has 0 aromatic heterocycles. The number of hydrogen-bond donors (Lipinski definition) is 1. The van der Waals surface area contributed by atoms with Gasteiger partial charge in [0.05, 0.1) is 10.8 Å². The van der Waals surface area contributed by atoms with Crippen molar-refractivity contribution in [3.05, 3.63) is 34.4 Å². The third-order valence-corrected chi connectivity index (χ3v) is 4.95. The fourth-order valence-corrected chi connectivity index (χ4v) is 3.33. The Bertz CT molecular complexity index is 672. The minimum atomic E-state index is -0.392. The molecule has 154 valence electrons. The summed E-state index contributed by atoms with van der Waals surface area (Å²) in [5, 5.41) is 13.9. The number of nitrogens with one attached hydrogen (secondary N) is 1. The van der Waals surface area contributed by atoms with Crippen LogP contribution in [0, 0.1) is 16.0 Å². The Morgan fingerprint density at radius 2 is 1.93 bits per heavy atom. The number of rotatable bonds is 10. The fraction of sp³-hybridized carbons (Fsp3) is 0.600. The van der Waals surface area contributed by atoms with E-state index in [1.165, 1.54) is 6.07 Å². The van der Waals surface area contributed by atoms with Gasteiger partial charge in [-0.05, 0) is 25.3 Å². The zero-order chi connectivity index (χ0) is 20.4. The quantitative estimate of drug-likeness (QED) is 0.285. The molecule has 1 saturated heterocycles. The lowest BCUT2D eigenvalue weighted by molar-refractivity contribution is -0.384. The lowest BCUT2D eigenvalue weighted by Crippen LogP contribution is -2.38. The number of piperidine rings is 1. The van der Waals surface area contributed by atoms with E-state index in [0.717, 1.165) is 25.7 Å². The topological polar surface area (TPSA) is 102 Å². The van der Waals surface area contributed by atoms with Gasteiger partial charge in [0.15, 0.2) is 6.61 Å². The maximum Gasteiger partial charge on any atom is 0.309 e. The summed E-state index contributed by atoms with van der Waals surface area (Å²) in [6.45, 7) is 3.55. The largest absolute Gasteiger partial charge is 0.455 e. The number of carbonyl (C=O) groups excluding carboxylic acids is 2. The number of ether oxygens (including phenoxy) is 1. The number of unbranched alkanes of at least 4 members (excludes halogenated alkanes) is 3. The number of benzene rings is 1. The highest BCUT2D eigenvalue weighted by Gasteiger charge is 2.29. The molecule has 0 atom stereocenters. The van der Waals surface area contributed by atoms with Crippen molar-refractivity contribution in [2.75, 3.05) is 31.1 Å². The van der Waals surface area contributed by atoms with Crippen LogP contribution in [0.2, 0.25) is 0 Å². The van der Waals surface area contributed by atoms with Gasteiger partial charge in [0, 0.05) is 25.7 Å². The molecule has 1 aromatic rings. The molecule has 8 heteroatoms. The first-order valence-corrected chi connectivity index (χ1v) is 9.94. The summed E-state index contributed by atoms with van der Waals surface area (Å²) in [5.74, 6) is -0.929. The Hall–Kier alpha value is -2.64. The number of nitrogens with zero attached hydrogens (tertiary/aromatic N) is 2. The number of anilines is 1. The van der Waals surface area contributed by atoms with Crippen LogP contribution in [-0.2, 0) is 14.3 Å². The smallest absolute Gasteiger partial charge is 0.309 e. The zero-order valence-electron chi connectivity index (χ0n) is 16.4. The van der Waals surface area contributed by atoms with E-state index >= 15 is 0 Å². The number of esters is 1. The number of amides is 1. The molecule has 1 amide bonds. The van der Waals surface area contributed by atoms with Gasteiger partial charge in [-0.2, -0.15) is 0 Å². The van der Waals surface area contributed by atoms with E-state index in [9.17, 15) is 19.7 Å². The number of para-hydroxylation sites is 2. The highest BCUT2D eigenvalue weighted by atomic mass is 16.6. The number of nitro groups is 1. The predicted octanol–water partition coefficient (Wildman–Crippen LogP) is 3.05. The number of hydrogen-bond acceptors (Lipinski definition) is 6. The average molecular weight is 391 g/mol. The van der Waals surface area contributed by atoms with Gasteiger partial charge in [-0.1, -0.05) is 38.3 Å². The summed E-state index contributed by atoms with van der Waals surface area (Å²) in [6.07, 6.45) is 5.39. The van der Waals surface area contributed by atoms with Gasteiger partial charge < -0.3 is 15.0 Å². The standard InChI is InChI=1S/C20H29N3O5/c1-2-3-4-7-12-21-19(24)15-28-20(25)16-10-13-22(14-11-16)17-8-5-6-9-18(17)23(26)27/h5-6,8-9,16H,2-4,7,10-15H2,1H3,(H,21,24). The molecule has 28 heavy (non-hydrogen) atoms. The van der Waals surface area contributed by atoms with Crippen molar-refractivity contribution in [3.8, 4) is 0 Å². The Morgan fingerprint density at radius 1 is 1.21 bits per heavy atom. The zero-order valence-corrected chi connectivity index (χ0v) is 16.4. The molecule has 1 aliphatic rings. The maximum atomic E-state index is 12.2. The highest BCUT2D eigenvalue weighted by molar-refractivity contribution is 5.81. The SMILES string of the molecule is CCCCCCNC(=O)COC(=O)C1CCN(c2ccccc2[N+](=O)[O-])CC1. The number of carbonyl (C=O) groups is 2. The van der Waals surface area contributed by atoms with E-state index in [1.807, 2.05) is 4.90 Å².